The van der Waals surface area contributed by atoms with Crippen LogP contribution < -0.4 is 5.32 Å². The van der Waals surface area contributed by atoms with Crippen LogP contribution in [-0.4, -0.2) is 53.9 Å². The molecule has 162 valence electrons. The molecule has 0 aromatic heterocycles. The highest BCUT2D eigenvalue weighted by atomic mass is 35.5. The average Bonchev–Trinajstić information content (AvgIpc) is 3.32. The Hall–Kier alpha value is -2.69. The Labute approximate surface area is 189 Å². The van der Waals surface area contributed by atoms with E-state index in [9.17, 15) is 18.0 Å². The molecule has 2 aliphatic heterocycles. The number of halogens is 1. The van der Waals surface area contributed by atoms with Gasteiger partial charge in [-0.1, -0.05) is 41.4 Å². The maximum atomic E-state index is 13.5. The van der Waals surface area contributed by atoms with Gasteiger partial charge in [-0.2, -0.15) is 0 Å². The van der Waals surface area contributed by atoms with Gasteiger partial charge in [-0.15, -0.1) is 0 Å². The number of carbonyl (C=O) groups excluding carboxylic acids is 2. The topological polar surface area (TPSA) is 96.0 Å². The standard InChI is InChI=1S/C20H18ClN3O5S2/c1-12-2-8-15(9-3-12)31(27,28)24-17(13-4-6-14(21)7-5-13)16(22-19(24)30)18(25)23-10-11-29-20(23)26/h2-9,16-17H,10-11H2,1H3,(H,22,30)/t16-,17+/m0/s1. The van der Waals surface area contributed by atoms with Crippen LogP contribution in [0.2, 0.25) is 5.02 Å². The summed E-state index contributed by atoms with van der Waals surface area (Å²) in [5, 5.41) is 3.12. The van der Waals surface area contributed by atoms with Gasteiger partial charge in [0.2, 0.25) is 0 Å². The number of nitrogens with zero attached hydrogens (tertiary/aromatic N) is 2. The van der Waals surface area contributed by atoms with Crippen LogP contribution in [0.3, 0.4) is 0 Å². The van der Waals surface area contributed by atoms with E-state index in [1.54, 1.807) is 36.4 Å². The lowest BCUT2D eigenvalue weighted by atomic mass is 10.00. The van der Waals surface area contributed by atoms with E-state index in [0.717, 1.165) is 14.8 Å². The average molecular weight is 480 g/mol. The van der Waals surface area contributed by atoms with Gasteiger partial charge in [-0.3, -0.25) is 4.79 Å². The van der Waals surface area contributed by atoms with E-state index in [2.05, 4.69) is 5.32 Å². The van der Waals surface area contributed by atoms with Crippen LogP contribution in [0.25, 0.3) is 0 Å². The van der Waals surface area contributed by atoms with Crippen molar-refractivity contribution in [3.63, 3.8) is 0 Å². The highest BCUT2D eigenvalue weighted by Gasteiger charge is 2.50. The molecule has 31 heavy (non-hydrogen) atoms. The third kappa shape index (κ3) is 3.86. The van der Waals surface area contributed by atoms with Crippen molar-refractivity contribution in [1.82, 2.24) is 14.5 Å². The minimum absolute atomic E-state index is 0.0369. The van der Waals surface area contributed by atoms with E-state index in [4.69, 9.17) is 28.6 Å². The number of rotatable bonds is 4. The molecule has 2 heterocycles. The summed E-state index contributed by atoms with van der Waals surface area (Å²) in [7, 11) is -4.11. The largest absolute Gasteiger partial charge is 0.447 e. The van der Waals surface area contributed by atoms with Crippen molar-refractivity contribution in [2.45, 2.75) is 23.9 Å². The van der Waals surface area contributed by atoms with Gasteiger partial charge in [0.1, 0.15) is 18.7 Å². The van der Waals surface area contributed by atoms with E-state index < -0.39 is 34.1 Å². The van der Waals surface area contributed by atoms with Crippen LogP contribution in [0.15, 0.2) is 53.4 Å². The van der Waals surface area contributed by atoms with Crippen LogP contribution in [0.4, 0.5) is 4.79 Å². The number of hydrogen-bond donors (Lipinski definition) is 1. The zero-order valence-electron chi connectivity index (χ0n) is 16.3. The molecule has 2 aliphatic rings. The van der Waals surface area contributed by atoms with Gasteiger partial charge < -0.3 is 10.1 Å². The van der Waals surface area contributed by atoms with Gasteiger partial charge in [-0.05, 0) is 49.0 Å². The lowest BCUT2D eigenvalue weighted by Gasteiger charge is -2.28. The molecule has 0 bridgehead atoms. The van der Waals surface area contributed by atoms with E-state index >= 15 is 0 Å². The van der Waals surface area contributed by atoms with Crippen LogP contribution in [0.1, 0.15) is 17.2 Å². The van der Waals surface area contributed by atoms with Crippen molar-refractivity contribution in [2.75, 3.05) is 13.2 Å². The van der Waals surface area contributed by atoms with E-state index in [1.807, 2.05) is 6.92 Å². The number of imide groups is 1. The summed E-state index contributed by atoms with van der Waals surface area (Å²) >= 11 is 11.3. The van der Waals surface area contributed by atoms with Gasteiger partial charge >= 0.3 is 6.09 Å². The Bertz CT molecular complexity index is 1150. The third-order valence-electron chi connectivity index (χ3n) is 5.13. The fraction of sp³-hybridized carbons (Fsp3) is 0.250. The predicted octanol–water partition coefficient (Wildman–Crippen LogP) is 2.62. The first-order chi connectivity index (χ1) is 14.7. The number of carbonyl (C=O) groups is 2. The summed E-state index contributed by atoms with van der Waals surface area (Å²) in [4.78, 5) is 26.1. The number of hydrogen-bond acceptors (Lipinski definition) is 6. The van der Waals surface area contributed by atoms with E-state index in [0.29, 0.717) is 10.6 Å². The summed E-state index contributed by atoms with van der Waals surface area (Å²) in [5.74, 6) is -0.619. The highest BCUT2D eigenvalue weighted by Crippen LogP contribution is 2.36. The minimum Gasteiger partial charge on any atom is -0.447 e. The first-order valence-electron chi connectivity index (χ1n) is 9.35. The predicted molar refractivity (Wildman–Crippen MR) is 117 cm³/mol. The number of benzene rings is 2. The summed E-state index contributed by atoms with van der Waals surface area (Å²) < 4.78 is 32.9. The second kappa shape index (κ2) is 8.10. The smallest absolute Gasteiger partial charge is 0.416 e. The molecule has 8 nitrogen and oxygen atoms in total. The lowest BCUT2D eigenvalue weighted by Crippen LogP contribution is -2.47. The molecule has 0 aliphatic carbocycles. The molecule has 2 aromatic carbocycles. The molecule has 0 unspecified atom stereocenters. The Morgan fingerprint density at radius 1 is 1.16 bits per heavy atom. The normalized spacial score (nSPS) is 21.2. The molecule has 2 saturated heterocycles. The van der Waals surface area contributed by atoms with Crippen molar-refractivity contribution < 1.29 is 22.7 Å². The Morgan fingerprint density at radius 3 is 2.39 bits per heavy atom. The number of amides is 2. The lowest BCUT2D eigenvalue weighted by molar-refractivity contribution is -0.130. The van der Waals surface area contributed by atoms with E-state index in [1.165, 1.54) is 12.1 Å². The van der Waals surface area contributed by atoms with Crippen LogP contribution in [0, 0.1) is 6.92 Å². The van der Waals surface area contributed by atoms with Crippen LogP contribution in [-0.2, 0) is 19.6 Å². The molecule has 11 heteroatoms. The zero-order chi connectivity index (χ0) is 22.3. The molecule has 4 rings (SSSR count). The van der Waals surface area contributed by atoms with Gasteiger partial charge in [0, 0.05) is 5.02 Å². The maximum Gasteiger partial charge on any atom is 0.416 e. The Balaban J connectivity index is 1.80. The second-order valence-electron chi connectivity index (χ2n) is 7.14. The minimum atomic E-state index is -4.11. The Kier molecular flexibility index (Phi) is 5.63. The fourth-order valence-corrected chi connectivity index (χ4v) is 5.75. The van der Waals surface area contributed by atoms with Crippen LogP contribution in [0.5, 0.6) is 0 Å². The zero-order valence-corrected chi connectivity index (χ0v) is 18.7. The monoisotopic (exact) mass is 479 g/mol. The number of sulfonamides is 1. The molecular weight excluding hydrogens is 462 g/mol. The number of nitrogens with one attached hydrogen (secondary N) is 1. The molecule has 1 N–H and O–H groups in total. The molecule has 2 atom stereocenters. The highest BCUT2D eigenvalue weighted by molar-refractivity contribution is 7.91. The molecule has 2 aromatic rings. The summed E-state index contributed by atoms with van der Waals surface area (Å²) in [5.41, 5.74) is 1.40. The van der Waals surface area contributed by atoms with Crippen molar-refractivity contribution in [3.05, 3.63) is 64.7 Å². The number of cyclic esters (lactones) is 1. The second-order valence-corrected chi connectivity index (χ2v) is 9.78. The summed E-state index contributed by atoms with van der Waals surface area (Å²) in [6.07, 6.45) is -0.771. The van der Waals surface area contributed by atoms with Crippen molar-refractivity contribution in [3.8, 4) is 0 Å². The molecule has 0 saturated carbocycles. The summed E-state index contributed by atoms with van der Waals surface area (Å²) in [6.45, 7) is 2.01. The van der Waals surface area contributed by atoms with E-state index in [-0.39, 0.29) is 23.2 Å². The molecule has 2 amide bonds. The van der Waals surface area contributed by atoms with Gasteiger partial charge in [0.05, 0.1) is 11.4 Å². The van der Waals surface area contributed by atoms with Crippen LogP contribution >= 0.6 is 23.8 Å². The fourth-order valence-electron chi connectivity index (χ4n) is 3.57. The van der Waals surface area contributed by atoms with Crippen molar-refractivity contribution in [1.29, 1.82) is 0 Å². The Morgan fingerprint density at radius 2 is 1.81 bits per heavy atom. The first kappa shape index (κ1) is 21.5. The SMILES string of the molecule is Cc1ccc(S(=O)(=O)N2C(=S)N[C@H](C(=O)N3CCOC3=O)[C@H]2c2ccc(Cl)cc2)cc1. The maximum absolute atomic E-state index is 13.5. The number of ether oxygens (including phenoxy) is 1. The molecule has 0 spiro atoms. The van der Waals surface area contributed by atoms with Gasteiger partial charge in [-0.25, -0.2) is 22.4 Å². The first-order valence-corrected chi connectivity index (χ1v) is 11.6. The van der Waals surface area contributed by atoms with Crippen molar-refractivity contribution in [2.24, 2.45) is 0 Å². The molecule has 0 radical (unpaired) electrons. The molecule has 2 fully saturated rings. The quantitative estimate of drug-likeness (QED) is 0.673. The summed E-state index contributed by atoms with van der Waals surface area (Å²) in [6, 6.07) is 10.7. The number of aryl methyl sites for hydroxylation is 1. The van der Waals surface area contributed by atoms with Gasteiger partial charge in [0.25, 0.3) is 15.9 Å². The molecular formula is C20H18ClN3O5S2. The van der Waals surface area contributed by atoms with Gasteiger partial charge in [0.15, 0.2) is 5.11 Å². The van der Waals surface area contributed by atoms with Crippen molar-refractivity contribution >= 4 is 51.0 Å². The third-order valence-corrected chi connectivity index (χ3v) is 7.61. The number of thiocarbonyl (C=S) groups is 1.